The second-order valence-corrected chi connectivity index (χ2v) is 5.85. The zero-order valence-corrected chi connectivity index (χ0v) is 11.9. The highest BCUT2D eigenvalue weighted by Crippen LogP contribution is 2.28. The van der Waals surface area contributed by atoms with Crippen LogP contribution in [0, 0.1) is 5.92 Å². The molecular weight excluding hydrogens is 218 g/mol. The number of hydrogen-bond acceptors (Lipinski definition) is 1. The Balaban J connectivity index is 1.78. The van der Waals surface area contributed by atoms with Crippen molar-refractivity contribution in [2.75, 3.05) is 13.6 Å². The quantitative estimate of drug-likeness (QED) is 0.754. The maximum absolute atomic E-state index is 2.56. The Kier molecular flexibility index (Phi) is 5.25. The molecule has 1 heteroatoms. The van der Waals surface area contributed by atoms with Crippen molar-refractivity contribution in [3.05, 3.63) is 35.9 Å². The third-order valence-corrected chi connectivity index (χ3v) is 4.62. The minimum absolute atomic E-state index is 0.744. The minimum Gasteiger partial charge on any atom is -0.303 e. The highest BCUT2D eigenvalue weighted by molar-refractivity contribution is 5.14. The van der Waals surface area contributed by atoms with Gasteiger partial charge in [-0.1, -0.05) is 49.6 Å². The Hall–Kier alpha value is -0.820. The summed E-state index contributed by atoms with van der Waals surface area (Å²) < 4.78 is 0. The number of likely N-dealkylation sites (N-methyl/N-ethyl adjacent to an activating group) is 1. The maximum Gasteiger partial charge on any atom is 0.00922 e. The molecule has 0 aromatic heterocycles. The number of rotatable bonds is 5. The fraction of sp³-hybridized carbons (Fsp3) is 0.647. The van der Waals surface area contributed by atoms with E-state index in [0.29, 0.717) is 0 Å². The van der Waals surface area contributed by atoms with E-state index in [-0.39, 0.29) is 0 Å². The number of benzene rings is 1. The number of nitrogens with zero attached hydrogens (tertiary/aromatic N) is 1. The summed E-state index contributed by atoms with van der Waals surface area (Å²) in [4.78, 5) is 2.56. The SMILES string of the molecule is C[C@@H](C1CCCCC1)N(C)CCc1ccccc1. The Labute approximate surface area is 112 Å². The van der Waals surface area contributed by atoms with Crippen molar-refractivity contribution in [3.63, 3.8) is 0 Å². The molecule has 0 spiro atoms. The zero-order chi connectivity index (χ0) is 12.8. The predicted molar refractivity (Wildman–Crippen MR) is 78.8 cm³/mol. The molecule has 2 rings (SSSR count). The molecule has 100 valence electrons. The normalized spacial score (nSPS) is 19.1. The zero-order valence-electron chi connectivity index (χ0n) is 11.9. The van der Waals surface area contributed by atoms with Crippen LogP contribution in [0.5, 0.6) is 0 Å². The number of hydrogen-bond donors (Lipinski definition) is 0. The predicted octanol–water partition coefficient (Wildman–Crippen LogP) is 4.13. The van der Waals surface area contributed by atoms with Crippen molar-refractivity contribution in [3.8, 4) is 0 Å². The highest BCUT2D eigenvalue weighted by Gasteiger charge is 2.22. The van der Waals surface area contributed by atoms with Gasteiger partial charge in [-0.3, -0.25) is 0 Å². The molecule has 0 N–H and O–H groups in total. The molecule has 1 aliphatic carbocycles. The molecule has 0 unspecified atom stereocenters. The Morgan fingerprint density at radius 1 is 1.11 bits per heavy atom. The summed E-state index contributed by atoms with van der Waals surface area (Å²) in [5.74, 6) is 0.930. The van der Waals surface area contributed by atoms with Crippen molar-refractivity contribution >= 4 is 0 Å². The second-order valence-electron chi connectivity index (χ2n) is 5.85. The summed E-state index contributed by atoms with van der Waals surface area (Å²) in [6.07, 6.45) is 8.40. The molecule has 0 amide bonds. The summed E-state index contributed by atoms with van der Waals surface area (Å²) in [5, 5.41) is 0. The fourth-order valence-corrected chi connectivity index (χ4v) is 3.13. The van der Waals surface area contributed by atoms with Crippen LogP contribution in [0.2, 0.25) is 0 Å². The molecule has 1 aromatic carbocycles. The standard InChI is InChI=1S/C17H27N/c1-15(17-11-7-4-8-12-17)18(2)14-13-16-9-5-3-6-10-16/h3,5-6,9-10,15,17H,4,7-8,11-14H2,1-2H3/t15-/m0/s1. The average Bonchev–Trinajstić information content (AvgIpc) is 2.46. The van der Waals surface area contributed by atoms with Crippen molar-refractivity contribution in [2.45, 2.75) is 51.5 Å². The van der Waals surface area contributed by atoms with Crippen LogP contribution in [0.4, 0.5) is 0 Å². The van der Waals surface area contributed by atoms with Gasteiger partial charge in [0.05, 0.1) is 0 Å². The lowest BCUT2D eigenvalue weighted by atomic mass is 9.84. The van der Waals surface area contributed by atoms with Crippen LogP contribution in [0.3, 0.4) is 0 Å². The van der Waals surface area contributed by atoms with E-state index >= 15 is 0 Å². The van der Waals surface area contributed by atoms with Crippen LogP contribution < -0.4 is 0 Å². The molecule has 1 atom stereocenters. The first-order valence-electron chi connectivity index (χ1n) is 7.51. The second kappa shape index (κ2) is 6.94. The van der Waals surface area contributed by atoms with Crippen molar-refractivity contribution in [1.82, 2.24) is 4.90 Å². The monoisotopic (exact) mass is 245 g/mol. The molecule has 0 saturated heterocycles. The van der Waals surface area contributed by atoms with E-state index in [9.17, 15) is 0 Å². The van der Waals surface area contributed by atoms with Gasteiger partial charge in [-0.05, 0) is 44.7 Å². The molecule has 1 nitrogen and oxygen atoms in total. The molecule has 1 aliphatic rings. The lowest BCUT2D eigenvalue weighted by molar-refractivity contribution is 0.159. The third-order valence-electron chi connectivity index (χ3n) is 4.62. The van der Waals surface area contributed by atoms with Gasteiger partial charge >= 0.3 is 0 Å². The van der Waals surface area contributed by atoms with Crippen LogP contribution in [-0.4, -0.2) is 24.5 Å². The van der Waals surface area contributed by atoms with Crippen molar-refractivity contribution in [1.29, 1.82) is 0 Å². The first-order valence-corrected chi connectivity index (χ1v) is 7.51. The van der Waals surface area contributed by atoms with Crippen molar-refractivity contribution in [2.24, 2.45) is 5.92 Å². The van der Waals surface area contributed by atoms with Crippen LogP contribution in [0.25, 0.3) is 0 Å². The highest BCUT2D eigenvalue weighted by atomic mass is 15.1. The van der Waals surface area contributed by atoms with Gasteiger partial charge in [-0.15, -0.1) is 0 Å². The Bertz CT molecular complexity index is 327. The maximum atomic E-state index is 2.56. The summed E-state index contributed by atoms with van der Waals surface area (Å²) in [7, 11) is 2.29. The van der Waals surface area contributed by atoms with Gasteiger partial charge in [0.1, 0.15) is 0 Å². The largest absolute Gasteiger partial charge is 0.303 e. The van der Waals surface area contributed by atoms with E-state index in [2.05, 4.69) is 49.2 Å². The van der Waals surface area contributed by atoms with E-state index in [1.165, 1.54) is 50.6 Å². The molecule has 18 heavy (non-hydrogen) atoms. The average molecular weight is 245 g/mol. The molecule has 1 fully saturated rings. The van der Waals surface area contributed by atoms with Gasteiger partial charge in [0.15, 0.2) is 0 Å². The first kappa shape index (κ1) is 13.6. The van der Waals surface area contributed by atoms with E-state index in [1.807, 2.05) is 0 Å². The van der Waals surface area contributed by atoms with Gasteiger partial charge in [0.2, 0.25) is 0 Å². The molecule has 1 aromatic rings. The molecule has 0 heterocycles. The molecule has 0 radical (unpaired) electrons. The minimum atomic E-state index is 0.744. The van der Waals surface area contributed by atoms with E-state index in [0.717, 1.165) is 12.0 Å². The van der Waals surface area contributed by atoms with Crippen LogP contribution in [0.1, 0.15) is 44.6 Å². The van der Waals surface area contributed by atoms with Gasteiger partial charge in [0.25, 0.3) is 0 Å². The molecule has 1 saturated carbocycles. The smallest absolute Gasteiger partial charge is 0.00922 e. The van der Waals surface area contributed by atoms with Crippen LogP contribution in [-0.2, 0) is 6.42 Å². The summed E-state index contributed by atoms with van der Waals surface area (Å²) >= 11 is 0. The molecule has 0 aliphatic heterocycles. The fourth-order valence-electron chi connectivity index (χ4n) is 3.13. The Morgan fingerprint density at radius 3 is 2.44 bits per heavy atom. The van der Waals surface area contributed by atoms with Crippen LogP contribution in [0.15, 0.2) is 30.3 Å². The van der Waals surface area contributed by atoms with Gasteiger partial charge < -0.3 is 4.90 Å². The van der Waals surface area contributed by atoms with Crippen LogP contribution >= 0.6 is 0 Å². The third kappa shape index (κ3) is 3.84. The summed E-state index contributed by atoms with van der Waals surface area (Å²) in [6, 6.07) is 11.6. The Morgan fingerprint density at radius 2 is 1.78 bits per heavy atom. The topological polar surface area (TPSA) is 3.24 Å². The van der Waals surface area contributed by atoms with Gasteiger partial charge in [-0.25, -0.2) is 0 Å². The van der Waals surface area contributed by atoms with Gasteiger partial charge in [0, 0.05) is 12.6 Å². The van der Waals surface area contributed by atoms with Gasteiger partial charge in [-0.2, -0.15) is 0 Å². The summed E-state index contributed by atoms with van der Waals surface area (Å²) in [6.45, 7) is 3.60. The van der Waals surface area contributed by atoms with E-state index < -0.39 is 0 Å². The summed E-state index contributed by atoms with van der Waals surface area (Å²) in [5.41, 5.74) is 1.46. The van der Waals surface area contributed by atoms with E-state index in [4.69, 9.17) is 0 Å². The molecular formula is C17H27N. The first-order chi connectivity index (χ1) is 8.77. The van der Waals surface area contributed by atoms with Crippen molar-refractivity contribution < 1.29 is 0 Å². The lowest BCUT2D eigenvalue weighted by Gasteiger charge is -2.34. The molecule has 0 bridgehead atoms. The lowest BCUT2D eigenvalue weighted by Crippen LogP contribution is -2.37. The van der Waals surface area contributed by atoms with E-state index in [1.54, 1.807) is 0 Å².